The van der Waals surface area contributed by atoms with Crippen molar-refractivity contribution in [1.29, 1.82) is 0 Å². The third-order valence-electron chi connectivity index (χ3n) is 3.58. The van der Waals surface area contributed by atoms with Crippen LogP contribution in [-0.2, 0) is 11.0 Å². The fourth-order valence-corrected chi connectivity index (χ4v) is 2.75. The molecule has 1 N–H and O–H groups in total. The molecule has 0 aliphatic carbocycles. The molecule has 1 amide bonds. The van der Waals surface area contributed by atoms with Gasteiger partial charge in [0.1, 0.15) is 18.3 Å². The number of carbonyl (C=O) groups is 1. The van der Waals surface area contributed by atoms with Crippen molar-refractivity contribution < 1.29 is 36.1 Å². The summed E-state index contributed by atoms with van der Waals surface area (Å²) in [5.74, 6) is -0.965. The number of nitro groups is 1. The smallest absolute Gasteiger partial charge is 0.368 e. The van der Waals surface area contributed by atoms with Gasteiger partial charge in [-0.15, -0.1) is 0 Å². The lowest BCUT2D eigenvalue weighted by atomic mass is 10.1. The highest BCUT2D eigenvalue weighted by atomic mass is 35.5. The van der Waals surface area contributed by atoms with E-state index in [-0.39, 0.29) is 19.0 Å². The van der Waals surface area contributed by atoms with Gasteiger partial charge < -0.3 is 10.2 Å². The van der Waals surface area contributed by atoms with E-state index in [1.54, 1.807) is 0 Å². The Kier molecular flexibility index (Phi) is 5.26. The molecule has 0 spiro atoms. The Morgan fingerprint density at radius 2 is 1.88 bits per heavy atom. The van der Waals surface area contributed by atoms with Gasteiger partial charge in [-0.1, -0.05) is 11.6 Å². The minimum Gasteiger partial charge on any atom is -0.368 e. The number of likely N-dealkylation sites (tertiary alicyclic amines) is 1. The number of amides is 1. The molecule has 26 heavy (non-hydrogen) atoms. The second-order valence-electron chi connectivity index (χ2n) is 5.46. The summed E-state index contributed by atoms with van der Waals surface area (Å²) in [6.45, 7) is -1.74. The highest BCUT2D eigenvalue weighted by Gasteiger charge is 2.41. The number of anilines is 1. The Morgan fingerprint density at radius 3 is 2.38 bits per heavy atom. The van der Waals surface area contributed by atoms with Crippen molar-refractivity contribution in [1.82, 2.24) is 4.90 Å². The summed E-state index contributed by atoms with van der Waals surface area (Å²) in [6.07, 6.45) is -9.66. The van der Waals surface area contributed by atoms with Crippen LogP contribution in [0.5, 0.6) is 0 Å². The van der Waals surface area contributed by atoms with E-state index in [1.807, 2.05) is 0 Å². The summed E-state index contributed by atoms with van der Waals surface area (Å²) in [4.78, 5) is 22.4. The number of alkyl halides is 6. The van der Waals surface area contributed by atoms with Crippen molar-refractivity contribution in [3.05, 3.63) is 32.8 Å². The van der Waals surface area contributed by atoms with Gasteiger partial charge >= 0.3 is 12.4 Å². The molecule has 0 bridgehead atoms. The fraction of sp³-hybridized carbons (Fsp3) is 0.462. The molecule has 0 saturated carbocycles. The van der Waals surface area contributed by atoms with Crippen LogP contribution >= 0.6 is 11.6 Å². The average molecular weight is 406 g/mol. The van der Waals surface area contributed by atoms with Crippen LogP contribution in [0.4, 0.5) is 37.7 Å². The molecule has 2 rings (SSSR count). The number of nitrogens with zero attached hydrogens (tertiary/aromatic N) is 2. The fourth-order valence-electron chi connectivity index (χ4n) is 2.48. The first-order valence-electron chi connectivity index (χ1n) is 6.97. The van der Waals surface area contributed by atoms with Gasteiger partial charge in [-0.25, -0.2) is 0 Å². The van der Waals surface area contributed by atoms with Crippen LogP contribution in [0, 0.1) is 10.1 Å². The van der Waals surface area contributed by atoms with Crippen LogP contribution in [-0.4, -0.2) is 41.0 Å². The molecule has 1 aliphatic heterocycles. The quantitative estimate of drug-likeness (QED) is 0.469. The SMILES string of the molecule is O=C1C(Nc2cc(Cl)c(C(F)(F)F)cc2[N+](=O)[O-])CCN1CC(F)(F)F. The molecule has 1 atom stereocenters. The Bertz CT molecular complexity index is 737. The number of rotatable bonds is 4. The lowest BCUT2D eigenvalue weighted by Gasteiger charge is -2.19. The highest BCUT2D eigenvalue weighted by Crippen LogP contribution is 2.40. The van der Waals surface area contributed by atoms with E-state index in [0.717, 1.165) is 0 Å². The summed E-state index contributed by atoms with van der Waals surface area (Å²) < 4.78 is 75.6. The molecule has 1 aromatic carbocycles. The van der Waals surface area contributed by atoms with E-state index in [4.69, 9.17) is 11.6 Å². The molecule has 13 heteroatoms. The topological polar surface area (TPSA) is 75.5 Å². The lowest BCUT2D eigenvalue weighted by molar-refractivity contribution is -0.384. The first-order valence-corrected chi connectivity index (χ1v) is 7.34. The maximum absolute atomic E-state index is 12.8. The Morgan fingerprint density at radius 1 is 1.27 bits per heavy atom. The van der Waals surface area contributed by atoms with E-state index >= 15 is 0 Å². The van der Waals surface area contributed by atoms with Crippen LogP contribution < -0.4 is 5.32 Å². The van der Waals surface area contributed by atoms with Crippen LogP contribution in [0.25, 0.3) is 0 Å². The first kappa shape index (κ1) is 20.1. The number of hydrogen-bond donors (Lipinski definition) is 1. The lowest BCUT2D eigenvalue weighted by Crippen LogP contribution is -2.39. The minimum absolute atomic E-state index is 0.106. The maximum atomic E-state index is 12.8. The number of halogens is 7. The second-order valence-corrected chi connectivity index (χ2v) is 5.87. The van der Waals surface area contributed by atoms with Crippen LogP contribution in [0.3, 0.4) is 0 Å². The van der Waals surface area contributed by atoms with Crippen LogP contribution in [0.1, 0.15) is 12.0 Å². The Balaban J connectivity index is 2.28. The van der Waals surface area contributed by atoms with Crippen LogP contribution in [0.2, 0.25) is 5.02 Å². The zero-order valence-corrected chi connectivity index (χ0v) is 13.4. The predicted molar refractivity (Wildman–Crippen MR) is 77.8 cm³/mol. The number of nitro benzene ring substituents is 1. The number of carbonyl (C=O) groups excluding carboxylic acids is 1. The first-order chi connectivity index (χ1) is 11.8. The molecule has 1 unspecified atom stereocenters. The molecular formula is C13H10ClF6N3O3. The summed E-state index contributed by atoms with van der Waals surface area (Å²) >= 11 is 5.50. The van der Waals surface area contributed by atoms with E-state index in [9.17, 15) is 41.3 Å². The second kappa shape index (κ2) is 6.82. The van der Waals surface area contributed by atoms with E-state index < -0.39 is 57.7 Å². The van der Waals surface area contributed by atoms with Gasteiger partial charge in [-0.2, -0.15) is 26.3 Å². The van der Waals surface area contributed by atoms with Crippen molar-refractivity contribution in [2.24, 2.45) is 0 Å². The van der Waals surface area contributed by atoms with Crippen molar-refractivity contribution in [2.45, 2.75) is 24.8 Å². The minimum atomic E-state index is -4.94. The largest absolute Gasteiger partial charge is 0.418 e. The molecule has 6 nitrogen and oxygen atoms in total. The zero-order valence-electron chi connectivity index (χ0n) is 12.6. The summed E-state index contributed by atoms with van der Waals surface area (Å²) in [6, 6.07) is -0.413. The molecular weight excluding hydrogens is 396 g/mol. The normalized spacial score (nSPS) is 18.3. The standard InChI is InChI=1S/C13H10ClF6N3O3/c14-7-4-9(10(23(25)26)3-6(7)13(18,19)20)21-8-1-2-22(11(8)24)5-12(15,16)17/h3-4,8,21H,1-2,5H2. The highest BCUT2D eigenvalue weighted by molar-refractivity contribution is 6.31. The molecule has 0 radical (unpaired) electrons. The van der Waals surface area contributed by atoms with E-state index in [2.05, 4.69) is 5.32 Å². The summed E-state index contributed by atoms with van der Waals surface area (Å²) in [7, 11) is 0. The van der Waals surface area contributed by atoms with Crippen molar-refractivity contribution in [3.63, 3.8) is 0 Å². The Hall–Kier alpha value is -2.24. The van der Waals surface area contributed by atoms with Crippen molar-refractivity contribution >= 4 is 28.9 Å². The number of benzene rings is 1. The van der Waals surface area contributed by atoms with Crippen LogP contribution in [0.15, 0.2) is 12.1 Å². The molecule has 1 aliphatic rings. The molecule has 1 fully saturated rings. The number of nitrogens with one attached hydrogen (secondary N) is 1. The third-order valence-corrected chi connectivity index (χ3v) is 3.90. The third kappa shape index (κ3) is 4.48. The van der Waals surface area contributed by atoms with Gasteiger partial charge in [-0.05, 0) is 12.5 Å². The maximum Gasteiger partial charge on any atom is 0.418 e. The molecule has 1 saturated heterocycles. The molecule has 1 heterocycles. The molecule has 144 valence electrons. The van der Waals surface area contributed by atoms with Crippen molar-refractivity contribution in [2.75, 3.05) is 18.4 Å². The van der Waals surface area contributed by atoms with Gasteiger partial charge in [0.15, 0.2) is 0 Å². The van der Waals surface area contributed by atoms with E-state index in [0.29, 0.717) is 11.0 Å². The molecule has 1 aromatic rings. The van der Waals surface area contributed by atoms with Crippen molar-refractivity contribution in [3.8, 4) is 0 Å². The van der Waals surface area contributed by atoms with Gasteiger partial charge in [0.25, 0.3) is 5.69 Å². The summed E-state index contributed by atoms with van der Waals surface area (Å²) in [5.41, 5.74) is -2.92. The van der Waals surface area contributed by atoms with Gasteiger partial charge in [0.2, 0.25) is 5.91 Å². The van der Waals surface area contributed by atoms with Gasteiger partial charge in [0, 0.05) is 12.6 Å². The number of hydrogen-bond acceptors (Lipinski definition) is 4. The average Bonchev–Trinajstić information content (AvgIpc) is 2.77. The zero-order chi connectivity index (χ0) is 19.9. The Labute approximate surface area is 146 Å². The monoisotopic (exact) mass is 405 g/mol. The molecule has 0 aromatic heterocycles. The van der Waals surface area contributed by atoms with Gasteiger partial charge in [0.05, 0.1) is 15.5 Å². The summed E-state index contributed by atoms with van der Waals surface area (Å²) in [5, 5.41) is 12.5. The van der Waals surface area contributed by atoms with E-state index in [1.165, 1.54) is 0 Å². The van der Waals surface area contributed by atoms with Gasteiger partial charge in [-0.3, -0.25) is 14.9 Å². The predicted octanol–water partition coefficient (Wildman–Crippen LogP) is 3.84.